The van der Waals surface area contributed by atoms with Crippen LogP contribution < -0.4 is 10.6 Å². The molecule has 9 nitrogen and oxygen atoms in total. The maximum atomic E-state index is 12.5. The fourth-order valence-electron chi connectivity index (χ4n) is 2.66. The van der Waals surface area contributed by atoms with Crippen LogP contribution in [0.2, 0.25) is 25.7 Å². The zero-order valence-corrected chi connectivity index (χ0v) is 24.1. The van der Waals surface area contributed by atoms with Crippen molar-refractivity contribution in [3.63, 3.8) is 0 Å². The minimum Gasteiger partial charge on any atom is -0.445 e. The number of rotatable bonds is 15. The number of halogens is 3. The molecule has 0 aliphatic carbocycles. The SMILES string of the molecule is C[Si](C)(C)CCOCOC(=O)[C@H](CCCCNC(=O)OCc1ccccc1)NC(=O)OCC(Cl)(Cl)Cl. The lowest BCUT2D eigenvalue weighted by atomic mass is 10.1. The number of carbonyl (C=O) groups is 3. The van der Waals surface area contributed by atoms with Crippen LogP contribution in [-0.2, 0) is 30.3 Å². The molecule has 1 aromatic rings. The van der Waals surface area contributed by atoms with E-state index in [1.165, 1.54) is 0 Å². The van der Waals surface area contributed by atoms with Gasteiger partial charge in [-0.05, 0) is 30.9 Å². The summed E-state index contributed by atoms with van der Waals surface area (Å²) in [7, 11) is -1.27. The smallest absolute Gasteiger partial charge is 0.407 e. The largest absolute Gasteiger partial charge is 0.445 e. The van der Waals surface area contributed by atoms with Crippen molar-refractivity contribution in [3.8, 4) is 0 Å². The molecule has 1 atom stereocenters. The van der Waals surface area contributed by atoms with E-state index < -0.39 is 42.7 Å². The maximum absolute atomic E-state index is 12.5. The highest BCUT2D eigenvalue weighted by Gasteiger charge is 2.26. The van der Waals surface area contributed by atoms with Gasteiger partial charge >= 0.3 is 18.2 Å². The van der Waals surface area contributed by atoms with Gasteiger partial charge in [-0.3, -0.25) is 0 Å². The van der Waals surface area contributed by atoms with Gasteiger partial charge in [0.25, 0.3) is 0 Å². The average Bonchev–Trinajstić information content (AvgIpc) is 2.79. The van der Waals surface area contributed by atoms with Crippen LogP contribution in [0.1, 0.15) is 24.8 Å². The van der Waals surface area contributed by atoms with E-state index in [4.69, 9.17) is 53.8 Å². The van der Waals surface area contributed by atoms with Crippen molar-refractivity contribution in [1.29, 1.82) is 0 Å². The van der Waals surface area contributed by atoms with E-state index in [0.717, 1.165) is 11.6 Å². The van der Waals surface area contributed by atoms with Crippen LogP contribution in [0.5, 0.6) is 0 Å². The molecule has 0 saturated heterocycles. The molecule has 0 aromatic heterocycles. The zero-order chi connectivity index (χ0) is 27.0. The molecular formula is C23H35Cl3N2O7Si. The van der Waals surface area contributed by atoms with Gasteiger partial charge in [0, 0.05) is 21.2 Å². The summed E-state index contributed by atoms with van der Waals surface area (Å²) >= 11 is 16.8. The first-order chi connectivity index (χ1) is 16.9. The third-order valence-corrected chi connectivity index (χ3v) is 6.66. The molecule has 0 spiro atoms. The number of esters is 1. The van der Waals surface area contributed by atoms with Crippen molar-refractivity contribution in [1.82, 2.24) is 10.6 Å². The lowest BCUT2D eigenvalue weighted by molar-refractivity contribution is -0.158. The average molecular weight is 586 g/mol. The summed E-state index contributed by atoms with van der Waals surface area (Å²) in [5.74, 6) is -0.677. The lowest BCUT2D eigenvalue weighted by Crippen LogP contribution is -2.43. The Balaban J connectivity index is 2.41. The molecule has 13 heteroatoms. The van der Waals surface area contributed by atoms with E-state index in [1.807, 2.05) is 30.3 Å². The number of hydrogen-bond acceptors (Lipinski definition) is 7. The molecule has 0 aliphatic rings. The van der Waals surface area contributed by atoms with Crippen molar-refractivity contribution in [2.45, 2.75) is 61.4 Å². The van der Waals surface area contributed by atoms with Crippen LogP contribution in [0.3, 0.4) is 0 Å². The molecular weight excluding hydrogens is 551 g/mol. The maximum Gasteiger partial charge on any atom is 0.407 e. The molecule has 204 valence electrons. The Bertz CT molecular complexity index is 805. The Hall–Kier alpha value is -1.72. The van der Waals surface area contributed by atoms with Crippen LogP contribution in [0.25, 0.3) is 0 Å². The van der Waals surface area contributed by atoms with Crippen molar-refractivity contribution >= 4 is 61.0 Å². The van der Waals surface area contributed by atoms with E-state index >= 15 is 0 Å². The molecule has 0 unspecified atom stereocenters. The number of ether oxygens (including phenoxy) is 4. The van der Waals surface area contributed by atoms with Crippen LogP contribution in [0.4, 0.5) is 9.59 Å². The molecule has 0 heterocycles. The van der Waals surface area contributed by atoms with Crippen LogP contribution in [0.15, 0.2) is 30.3 Å². The summed E-state index contributed by atoms with van der Waals surface area (Å²) in [6.07, 6.45) is -0.219. The van der Waals surface area contributed by atoms with Gasteiger partial charge in [0.15, 0.2) is 6.79 Å². The van der Waals surface area contributed by atoms with Crippen LogP contribution in [0, 0.1) is 0 Å². The molecule has 1 aromatic carbocycles. The number of hydrogen-bond donors (Lipinski definition) is 2. The Labute approximate surface area is 228 Å². The second kappa shape index (κ2) is 16.9. The molecule has 0 aliphatic heterocycles. The van der Waals surface area contributed by atoms with Gasteiger partial charge in [-0.15, -0.1) is 0 Å². The number of carbonyl (C=O) groups excluding carboxylic acids is 3. The summed E-state index contributed by atoms with van der Waals surface area (Å²) < 4.78 is 18.7. The Kier molecular flexibility index (Phi) is 15.2. The summed E-state index contributed by atoms with van der Waals surface area (Å²) in [6, 6.07) is 9.24. The molecule has 36 heavy (non-hydrogen) atoms. The molecule has 2 N–H and O–H groups in total. The molecule has 0 bridgehead atoms. The standard InChI is InChI=1S/C23H35Cl3N2O7Si/c1-36(2,3)14-13-32-17-35-20(29)19(28-22(31)34-16-23(24,25)26)11-7-8-12-27-21(30)33-15-18-9-5-4-6-10-18/h4-6,9-10,19H,7-8,11-17H2,1-3H3,(H,27,30)(H,28,31)/t19-/m0/s1. The van der Waals surface area contributed by atoms with Crippen LogP contribution in [-0.4, -0.2) is 62.6 Å². The van der Waals surface area contributed by atoms with Crippen molar-refractivity contribution in [2.24, 2.45) is 0 Å². The van der Waals surface area contributed by atoms with E-state index in [9.17, 15) is 14.4 Å². The quantitative estimate of drug-likeness (QED) is 0.0707. The number of amides is 2. The first kappa shape index (κ1) is 32.3. The Morgan fingerprint density at radius 2 is 1.67 bits per heavy atom. The molecule has 2 amide bonds. The van der Waals surface area contributed by atoms with Gasteiger partial charge < -0.3 is 29.6 Å². The number of benzene rings is 1. The fraction of sp³-hybridized carbons (Fsp3) is 0.609. The Morgan fingerprint density at radius 3 is 2.31 bits per heavy atom. The minimum absolute atomic E-state index is 0.167. The first-order valence-corrected chi connectivity index (χ1v) is 16.4. The number of nitrogens with one attached hydrogen (secondary N) is 2. The first-order valence-electron chi connectivity index (χ1n) is 11.5. The third-order valence-electron chi connectivity index (χ3n) is 4.63. The number of alkyl halides is 3. The van der Waals surface area contributed by atoms with Gasteiger partial charge in [-0.2, -0.15) is 0 Å². The van der Waals surface area contributed by atoms with E-state index in [0.29, 0.717) is 26.0 Å². The predicted octanol–water partition coefficient (Wildman–Crippen LogP) is 5.40. The van der Waals surface area contributed by atoms with E-state index in [2.05, 4.69) is 30.3 Å². The highest BCUT2D eigenvalue weighted by Crippen LogP contribution is 2.25. The van der Waals surface area contributed by atoms with Gasteiger partial charge in [0.2, 0.25) is 3.79 Å². The van der Waals surface area contributed by atoms with Crippen LogP contribution >= 0.6 is 34.8 Å². The summed E-state index contributed by atoms with van der Waals surface area (Å²) in [5.41, 5.74) is 0.881. The molecule has 1 rings (SSSR count). The van der Waals surface area contributed by atoms with E-state index in [-0.39, 0.29) is 19.8 Å². The normalized spacial score (nSPS) is 12.4. The van der Waals surface area contributed by atoms with E-state index in [1.54, 1.807) is 0 Å². The summed E-state index contributed by atoms with van der Waals surface area (Å²) in [6.45, 7) is 6.90. The molecule has 0 saturated carbocycles. The molecule has 0 radical (unpaired) electrons. The number of alkyl carbamates (subject to hydrolysis) is 2. The summed E-state index contributed by atoms with van der Waals surface area (Å²) in [5, 5.41) is 5.06. The van der Waals surface area contributed by atoms with Crippen molar-refractivity contribution in [3.05, 3.63) is 35.9 Å². The monoisotopic (exact) mass is 584 g/mol. The van der Waals surface area contributed by atoms with Crippen molar-refractivity contribution in [2.75, 3.05) is 26.6 Å². The summed E-state index contributed by atoms with van der Waals surface area (Å²) in [4.78, 5) is 36.4. The zero-order valence-electron chi connectivity index (χ0n) is 20.8. The minimum atomic E-state index is -1.78. The highest BCUT2D eigenvalue weighted by atomic mass is 35.6. The second-order valence-corrected chi connectivity index (χ2v) is 17.3. The number of unbranched alkanes of at least 4 members (excludes halogenated alkanes) is 1. The lowest BCUT2D eigenvalue weighted by Gasteiger charge is -2.19. The second-order valence-electron chi connectivity index (χ2n) is 9.17. The predicted molar refractivity (Wildman–Crippen MR) is 142 cm³/mol. The van der Waals surface area contributed by atoms with Crippen molar-refractivity contribution < 1.29 is 33.3 Å². The van der Waals surface area contributed by atoms with Gasteiger partial charge in [0.1, 0.15) is 19.3 Å². The highest BCUT2D eigenvalue weighted by molar-refractivity contribution is 6.76. The van der Waals surface area contributed by atoms with Gasteiger partial charge in [0.05, 0.1) is 0 Å². The topological polar surface area (TPSA) is 112 Å². The molecule has 0 fully saturated rings. The van der Waals surface area contributed by atoms with Gasteiger partial charge in [-0.1, -0.05) is 84.8 Å². The third kappa shape index (κ3) is 17.7. The van der Waals surface area contributed by atoms with Gasteiger partial charge in [-0.25, -0.2) is 14.4 Å². The fourth-order valence-corrected chi connectivity index (χ4v) is 3.58. The Morgan fingerprint density at radius 1 is 0.972 bits per heavy atom.